The highest BCUT2D eigenvalue weighted by Gasteiger charge is 2.54. The number of thiazole rings is 1. The minimum atomic E-state index is -5.18. The molecule has 7 nitrogen and oxygen atoms in total. The number of carbonyl (C=O) groups is 3. The summed E-state index contributed by atoms with van der Waals surface area (Å²) in [6.45, 7) is 8.36. The van der Waals surface area contributed by atoms with Gasteiger partial charge in [0.1, 0.15) is 5.54 Å². The molecule has 0 spiro atoms. The van der Waals surface area contributed by atoms with Crippen LogP contribution in [-0.4, -0.2) is 46.1 Å². The lowest BCUT2D eigenvalue weighted by atomic mass is 9.75. The third-order valence-corrected chi connectivity index (χ3v) is 8.26. The van der Waals surface area contributed by atoms with Crippen LogP contribution in [0.2, 0.25) is 0 Å². The van der Waals surface area contributed by atoms with Crippen molar-refractivity contribution in [3.05, 3.63) is 93.5 Å². The number of alkyl halides is 6. The van der Waals surface area contributed by atoms with E-state index in [0.29, 0.717) is 17.7 Å². The van der Waals surface area contributed by atoms with Crippen molar-refractivity contribution in [1.29, 1.82) is 0 Å². The molecule has 2 heterocycles. The van der Waals surface area contributed by atoms with Crippen LogP contribution in [0.15, 0.2) is 54.4 Å². The molecule has 2 N–H and O–H groups in total. The number of aryl methyl sites for hydroxylation is 2. The molecule has 14 heteroatoms. The first-order valence-corrected chi connectivity index (χ1v) is 14.2. The number of anilines is 1. The first kappa shape index (κ1) is 32.9. The Morgan fingerprint density at radius 1 is 1.07 bits per heavy atom. The van der Waals surface area contributed by atoms with E-state index in [1.165, 1.54) is 6.92 Å². The van der Waals surface area contributed by atoms with Crippen LogP contribution in [0.3, 0.4) is 0 Å². The van der Waals surface area contributed by atoms with Gasteiger partial charge in [-0.2, -0.15) is 26.3 Å². The van der Waals surface area contributed by atoms with Gasteiger partial charge in [0.25, 0.3) is 5.91 Å². The van der Waals surface area contributed by atoms with Gasteiger partial charge >= 0.3 is 12.4 Å². The lowest BCUT2D eigenvalue weighted by Crippen LogP contribution is -2.69. The molecule has 2 atom stereocenters. The van der Waals surface area contributed by atoms with E-state index in [0.717, 1.165) is 33.4 Å². The van der Waals surface area contributed by atoms with Crippen molar-refractivity contribution in [3.8, 4) is 0 Å². The van der Waals surface area contributed by atoms with E-state index in [1.807, 2.05) is 13.8 Å². The number of hydrogen-bond acceptors (Lipinski definition) is 6. The van der Waals surface area contributed by atoms with Gasteiger partial charge in [0.2, 0.25) is 5.91 Å². The largest absolute Gasteiger partial charge is 0.416 e. The molecule has 1 fully saturated rings. The van der Waals surface area contributed by atoms with Gasteiger partial charge in [0, 0.05) is 37.4 Å². The van der Waals surface area contributed by atoms with Crippen molar-refractivity contribution in [2.45, 2.75) is 51.1 Å². The molecular weight excluding hydrogens is 610 g/mol. The monoisotopic (exact) mass is 638 g/mol. The summed E-state index contributed by atoms with van der Waals surface area (Å²) in [7, 11) is 0. The maximum atomic E-state index is 14.1. The van der Waals surface area contributed by atoms with Gasteiger partial charge in [-0.25, -0.2) is 4.98 Å². The Kier molecular flexibility index (Phi) is 9.08. The van der Waals surface area contributed by atoms with Crippen molar-refractivity contribution < 1.29 is 40.7 Å². The van der Waals surface area contributed by atoms with Crippen molar-refractivity contribution in [2.24, 2.45) is 0 Å². The quantitative estimate of drug-likeness (QED) is 0.235. The van der Waals surface area contributed by atoms with E-state index in [-0.39, 0.29) is 36.4 Å². The Balaban J connectivity index is 1.96. The minimum Gasteiger partial charge on any atom is -0.322 e. The van der Waals surface area contributed by atoms with Gasteiger partial charge in [0.15, 0.2) is 10.9 Å². The Hall–Kier alpha value is -4.04. The SMILES string of the molecule is C=CC(=O)C1(Cc2ccc(C)c(C)c2)C(c2csc(NC(C)=O)n2)NCCN1C(=O)c1cc(C(F)(F)F)cc(C(F)(F)F)c1. The van der Waals surface area contributed by atoms with Crippen molar-refractivity contribution >= 4 is 34.1 Å². The van der Waals surface area contributed by atoms with E-state index in [9.17, 15) is 40.7 Å². The fourth-order valence-electron chi connectivity index (χ4n) is 5.30. The molecule has 1 aliphatic rings. The molecule has 234 valence electrons. The highest BCUT2D eigenvalue weighted by atomic mass is 32.1. The van der Waals surface area contributed by atoms with E-state index in [2.05, 4.69) is 22.2 Å². The van der Waals surface area contributed by atoms with E-state index >= 15 is 0 Å². The molecule has 44 heavy (non-hydrogen) atoms. The van der Waals surface area contributed by atoms with Crippen LogP contribution in [0.4, 0.5) is 31.5 Å². The number of aromatic nitrogens is 1. The first-order valence-electron chi connectivity index (χ1n) is 13.3. The zero-order chi connectivity index (χ0) is 32.6. The summed E-state index contributed by atoms with van der Waals surface area (Å²) in [4.78, 5) is 45.2. The number of ketones is 1. The Bertz CT molecular complexity index is 1580. The van der Waals surface area contributed by atoms with Gasteiger partial charge in [-0.05, 0) is 54.8 Å². The van der Waals surface area contributed by atoms with Crippen LogP contribution in [0.25, 0.3) is 0 Å². The predicted molar refractivity (Wildman–Crippen MR) is 152 cm³/mol. The molecule has 0 radical (unpaired) electrons. The number of carbonyl (C=O) groups excluding carboxylic acids is 3. The summed E-state index contributed by atoms with van der Waals surface area (Å²) in [6.07, 6.45) is -9.58. The molecule has 0 bridgehead atoms. The molecule has 1 aromatic heterocycles. The van der Waals surface area contributed by atoms with E-state index < -0.39 is 58.2 Å². The molecule has 3 aromatic rings. The molecule has 0 saturated carbocycles. The van der Waals surface area contributed by atoms with Crippen LogP contribution < -0.4 is 10.6 Å². The Morgan fingerprint density at radius 3 is 2.25 bits per heavy atom. The van der Waals surface area contributed by atoms with E-state index in [1.54, 1.807) is 23.6 Å². The average Bonchev–Trinajstić information content (AvgIpc) is 3.40. The van der Waals surface area contributed by atoms with Crippen LogP contribution >= 0.6 is 11.3 Å². The molecule has 1 aliphatic heterocycles. The van der Waals surface area contributed by atoms with Gasteiger partial charge in [-0.15, -0.1) is 11.3 Å². The molecule has 4 rings (SSSR count). The molecule has 2 amide bonds. The standard InChI is InChI=1S/C30H28F6N4O3S/c1-5-24(42)28(14-19-7-6-16(2)17(3)10-19)25(23-15-44-27(39-23)38-18(4)41)37-8-9-40(28)26(43)20-11-21(29(31,32)33)13-22(12-20)30(34,35)36/h5-7,10-13,15,25,37H,1,8-9,14H2,2-4H3,(H,38,39,41). The zero-order valence-corrected chi connectivity index (χ0v) is 24.6. The molecular formula is C30H28F6N4O3S. The second kappa shape index (κ2) is 12.2. The number of hydrogen-bond donors (Lipinski definition) is 2. The Labute approximate surface area is 253 Å². The van der Waals surface area contributed by atoms with Gasteiger partial charge in [0.05, 0.1) is 22.9 Å². The number of benzene rings is 2. The smallest absolute Gasteiger partial charge is 0.322 e. The van der Waals surface area contributed by atoms with Crippen LogP contribution in [0.1, 0.15) is 56.8 Å². The lowest BCUT2D eigenvalue weighted by Gasteiger charge is -2.50. The minimum absolute atomic E-state index is 0.0214. The third-order valence-electron chi connectivity index (χ3n) is 7.48. The first-order chi connectivity index (χ1) is 20.5. The summed E-state index contributed by atoms with van der Waals surface area (Å²) in [5, 5.41) is 7.45. The number of nitrogens with one attached hydrogen (secondary N) is 2. The molecule has 2 unspecified atom stereocenters. The summed E-state index contributed by atoms with van der Waals surface area (Å²) in [6, 6.07) is 4.87. The van der Waals surface area contributed by atoms with E-state index in [4.69, 9.17) is 0 Å². The second-order valence-corrected chi connectivity index (χ2v) is 11.3. The van der Waals surface area contributed by atoms with Gasteiger partial charge in [-0.1, -0.05) is 24.8 Å². The van der Waals surface area contributed by atoms with Gasteiger partial charge in [-0.3, -0.25) is 14.4 Å². The van der Waals surface area contributed by atoms with Gasteiger partial charge < -0.3 is 15.5 Å². The van der Waals surface area contributed by atoms with Crippen LogP contribution in [0.5, 0.6) is 0 Å². The topological polar surface area (TPSA) is 91.4 Å². The number of halogens is 6. The third kappa shape index (κ3) is 6.55. The average molecular weight is 639 g/mol. The highest BCUT2D eigenvalue weighted by Crippen LogP contribution is 2.42. The zero-order valence-electron chi connectivity index (χ0n) is 23.8. The van der Waals surface area contributed by atoms with Crippen molar-refractivity contribution in [3.63, 3.8) is 0 Å². The van der Waals surface area contributed by atoms with Crippen LogP contribution in [0, 0.1) is 13.8 Å². The summed E-state index contributed by atoms with van der Waals surface area (Å²) in [5.74, 6) is -2.32. The highest BCUT2D eigenvalue weighted by molar-refractivity contribution is 7.13. The maximum absolute atomic E-state index is 14.1. The van der Waals surface area contributed by atoms with Crippen molar-refractivity contribution in [2.75, 3.05) is 18.4 Å². The summed E-state index contributed by atoms with van der Waals surface area (Å²) in [5.41, 5.74) is -3.52. The Morgan fingerprint density at radius 2 is 1.70 bits per heavy atom. The van der Waals surface area contributed by atoms with Crippen molar-refractivity contribution in [1.82, 2.24) is 15.2 Å². The maximum Gasteiger partial charge on any atom is 0.416 e. The molecule has 2 aromatic carbocycles. The number of piperazine rings is 1. The second-order valence-electron chi connectivity index (χ2n) is 10.5. The number of nitrogens with zero attached hydrogens (tertiary/aromatic N) is 2. The molecule has 1 saturated heterocycles. The fraction of sp³-hybridized carbons (Fsp3) is 0.333. The summed E-state index contributed by atoms with van der Waals surface area (Å²) >= 11 is 1.04. The fourth-order valence-corrected chi connectivity index (χ4v) is 6.08. The summed E-state index contributed by atoms with van der Waals surface area (Å²) < 4.78 is 82.2. The number of amides is 2. The molecule has 0 aliphatic carbocycles. The number of rotatable bonds is 7. The normalized spacial score (nSPS) is 19.0. The predicted octanol–water partition coefficient (Wildman–Crippen LogP) is 6.28. The lowest BCUT2D eigenvalue weighted by molar-refractivity contribution is -0.143. The van der Waals surface area contributed by atoms with Crippen LogP contribution in [-0.2, 0) is 28.4 Å².